The van der Waals surface area contributed by atoms with Crippen LogP contribution < -0.4 is 20.7 Å². The van der Waals surface area contributed by atoms with Crippen molar-refractivity contribution in [2.45, 2.75) is 6.54 Å². The first kappa shape index (κ1) is 18.1. The van der Waals surface area contributed by atoms with Crippen molar-refractivity contribution in [3.8, 4) is 5.75 Å². The number of benzene rings is 2. The first-order chi connectivity index (χ1) is 13.1. The Morgan fingerprint density at radius 1 is 0.926 bits per heavy atom. The predicted molar refractivity (Wildman–Crippen MR) is 102 cm³/mol. The van der Waals surface area contributed by atoms with Gasteiger partial charge in [0.25, 0.3) is 5.91 Å². The lowest BCUT2D eigenvalue weighted by Gasteiger charge is -2.09. The molecule has 2 aromatic carbocycles. The summed E-state index contributed by atoms with van der Waals surface area (Å²) in [6.45, 7) is 0.356. The summed E-state index contributed by atoms with van der Waals surface area (Å²) in [5, 5.41) is 8.25. The van der Waals surface area contributed by atoms with E-state index < -0.39 is 0 Å². The molecule has 138 valence electrons. The second-order valence-corrected chi connectivity index (χ2v) is 5.66. The number of anilines is 2. The van der Waals surface area contributed by atoms with Gasteiger partial charge in [0.15, 0.2) is 5.76 Å². The minimum atomic E-state index is -0.315. The molecule has 0 spiro atoms. The minimum absolute atomic E-state index is 0.246. The van der Waals surface area contributed by atoms with Gasteiger partial charge in [-0.1, -0.05) is 12.1 Å². The Morgan fingerprint density at radius 2 is 1.59 bits per heavy atom. The quantitative estimate of drug-likeness (QED) is 0.618. The van der Waals surface area contributed by atoms with Crippen LogP contribution >= 0.6 is 0 Å². The number of rotatable bonds is 6. The molecular weight excluding hydrogens is 346 g/mol. The molecule has 3 amide bonds. The summed E-state index contributed by atoms with van der Waals surface area (Å²) in [6, 6.07) is 17.2. The van der Waals surface area contributed by atoms with E-state index in [-0.39, 0.29) is 17.7 Å². The van der Waals surface area contributed by atoms with Crippen molar-refractivity contribution >= 4 is 23.3 Å². The molecular formula is C20H19N3O4. The molecule has 0 aliphatic rings. The summed E-state index contributed by atoms with van der Waals surface area (Å²) in [5.41, 5.74) is 2.21. The number of furan rings is 1. The number of carbonyl (C=O) groups is 2. The van der Waals surface area contributed by atoms with E-state index >= 15 is 0 Å². The van der Waals surface area contributed by atoms with E-state index in [9.17, 15) is 9.59 Å². The summed E-state index contributed by atoms with van der Waals surface area (Å²) < 4.78 is 10.1. The lowest BCUT2D eigenvalue weighted by atomic mass is 10.2. The van der Waals surface area contributed by atoms with Crippen LogP contribution in [0.2, 0.25) is 0 Å². The Balaban J connectivity index is 1.47. The van der Waals surface area contributed by atoms with Crippen molar-refractivity contribution < 1.29 is 18.7 Å². The fourth-order valence-corrected chi connectivity index (χ4v) is 2.34. The topological polar surface area (TPSA) is 92.6 Å². The van der Waals surface area contributed by atoms with Gasteiger partial charge in [0, 0.05) is 17.9 Å². The zero-order chi connectivity index (χ0) is 19.1. The van der Waals surface area contributed by atoms with Gasteiger partial charge >= 0.3 is 6.03 Å². The molecule has 1 heterocycles. The molecule has 3 N–H and O–H groups in total. The molecule has 0 bridgehead atoms. The second-order valence-electron chi connectivity index (χ2n) is 5.66. The zero-order valence-corrected chi connectivity index (χ0v) is 14.7. The lowest BCUT2D eigenvalue weighted by Crippen LogP contribution is -2.28. The van der Waals surface area contributed by atoms with E-state index in [2.05, 4.69) is 16.0 Å². The fourth-order valence-electron chi connectivity index (χ4n) is 2.34. The van der Waals surface area contributed by atoms with E-state index in [0.717, 1.165) is 11.3 Å². The van der Waals surface area contributed by atoms with Crippen LogP contribution in [0.25, 0.3) is 0 Å². The van der Waals surface area contributed by atoms with Gasteiger partial charge in [-0.25, -0.2) is 4.79 Å². The van der Waals surface area contributed by atoms with Gasteiger partial charge in [-0.2, -0.15) is 0 Å². The van der Waals surface area contributed by atoms with Gasteiger partial charge < -0.3 is 25.1 Å². The van der Waals surface area contributed by atoms with Gasteiger partial charge in [0.05, 0.1) is 13.4 Å². The summed E-state index contributed by atoms with van der Waals surface area (Å²) in [7, 11) is 1.59. The largest absolute Gasteiger partial charge is 0.497 e. The third kappa shape index (κ3) is 5.12. The standard InChI is InChI=1S/C20H19N3O4/c1-26-17-10-8-16(9-11-17)23-20(25)21-13-14-4-6-15(7-5-14)22-19(24)18-3-2-12-27-18/h2-12H,13H2,1H3,(H,22,24)(H2,21,23,25). The molecule has 0 aliphatic heterocycles. The number of carbonyl (C=O) groups excluding carboxylic acids is 2. The summed E-state index contributed by atoms with van der Waals surface area (Å²) in [4.78, 5) is 23.9. The van der Waals surface area contributed by atoms with Crippen molar-refractivity contribution in [3.63, 3.8) is 0 Å². The van der Waals surface area contributed by atoms with E-state index in [1.165, 1.54) is 6.26 Å². The van der Waals surface area contributed by atoms with E-state index in [1.807, 2.05) is 12.1 Å². The number of nitrogens with one attached hydrogen (secondary N) is 3. The van der Waals surface area contributed by atoms with Crippen LogP contribution in [0.1, 0.15) is 16.1 Å². The van der Waals surface area contributed by atoms with E-state index in [1.54, 1.807) is 55.6 Å². The summed E-state index contributed by atoms with van der Waals surface area (Å²) in [5.74, 6) is 0.654. The smallest absolute Gasteiger partial charge is 0.319 e. The highest BCUT2D eigenvalue weighted by Gasteiger charge is 2.08. The maximum Gasteiger partial charge on any atom is 0.319 e. The van der Waals surface area contributed by atoms with Crippen LogP contribution in [0.4, 0.5) is 16.2 Å². The maximum atomic E-state index is 12.0. The summed E-state index contributed by atoms with van der Waals surface area (Å²) in [6.07, 6.45) is 1.45. The number of amides is 3. The zero-order valence-electron chi connectivity index (χ0n) is 14.7. The van der Waals surface area contributed by atoms with Gasteiger partial charge in [-0.05, 0) is 54.1 Å². The molecule has 0 saturated heterocycles. The third-order valence-corrected chi connectivity index (χ3v) is 3.76. The average molecular weight is 365 g/mol. The highest BCUT2D eigenvalue weighted by Crippen LogP contribution is 2.15. The highest BCUT2D eigenvalue weighted by atomic mass is 16.5. The highest BCUT2D eigenvalue weighted by molar-refractivity contribution is 6.02. The van der Waals surface area contributed by atoms with Gasteiger partial charge in [-0.15, -0.1) is 0 Å². The molecule has 7 heteroatoms. The normalized spacial score (nSPS) is 10.1. The van der Waals surface area contributed by atoms with Crippen LogP contribution in [0.15, 0.2) is 71.3 Å². The number of urea groups is 1. The third-order valence-electron chi connectivity index (χ3n) is 3.76. The average Bonchev–Trinajstić information content (AvgIpc) is 3.23. The molecule has 0 atom stereocenters. The Morgan fingerprint density at radius 3 is 2.22 bits per heavy atom. The van der Waals surface area contributed by atoms with E-state index in [4.69, 9.17) is 9.15 Å². The van der Waals surface area contributed by atoms with Crippen molar-refractivity contribution in [1.82, 2.24) is 5.32 Å². The molecule has 3 rings (SSSR count). The first-order valence-electron chi connectivity index (χ1n) is 8.27. The minimum Gasteiger partial charge on any atom is -0.497 e. The predicted octanol–water partition coefficient (Wildman–Crippen LogP) is 3.86. The van der Waals surface area contributed by atoms with Crippen LogP contribution in [0.5, 0.6) is 5.75 Å². The SMILES string of the molecule is COc1ccc(NC(=O)NCc2ccc(NC(=O)c3ccco3)cc2)cc1. The first-order valence-corrected chi connectivity index (χ1v) is 8.27. The van der Waals surface area contributed by atoms with Crippen LogP contribution in [-0.4, -0.2) is 19.0 Å². The van der Waals surface area contributed by atoms with Gasteiger partial charge in [-0.3, -0.25) is 4.79 Å². The number of hydrogen-bond donors (Lipinski definition) is 3. The molecule has 27 heavy (non-hydrogen) atoms. The van der Waals surface area contributed by atoms with Crippen molar-refractivity contribution in [2.75, 3.05) is 17.7 Å². The van der Waals surface area contributed by atoms with Crippen LogP contribution in [0.3, 0.4) is 0 Å². The van der Waals surface area contributed by atoms with Crippen molar-refractivity contribution in [1.29, 1.82) is 0 Å². The maximum absolute atomic E-state index is 12.0. The monoisotopic (exact) mass is 365 g/mol. The number of ether oxygens (including phenoxy) is 1. The Labute approximate surface area is 156 Å². The van der Waals surface area contributed by atoms with Crippen molar-refractivity contribution in [2.24, 2.45) is 0 Å². The second kappa shape index (κ2) is 8.57. The molecule has 0 fully saturated rings. The number of methoxy groups -OCH3 is 1. The van der Waals surface area contributed by atoms with Gasteiger partial charge in [0.2, 0.25) is 0 Å². The Kier molecular flexibility index (Phi) is 5.73. The molecule has 0 radical (unpaired) electrons. The Hall–Kier alpha value is -3.74. The van der Waals surface area contributed by atoms with Gasteiger partial charge in [0.1, 0.15) is 5.75 Å². The van der Waals surface area contributed by atoms with Crippen LogP contribution in [-0.2, 0) is 6.54 Å². The summed E-state index contributed by atoms with van der Waals surface area (Å²) >= 11 is 0. The molecule has 3 aromatic rings. The fraction of sp³-hybridized carbons (Fsp3) is 0.100. The van der Waals surface area contributed by atoms with E-state index in [0.29, 0.717) is 17.9 Å². The lowest BCUT2D eigenvalue weighted by molar-refractivity contribution is 0.0996. The van der Waals surface area contributed by atoms with Crippen LogP contribution in [0, 0.1) is 0 Å². The van der Waals surface area contributed by atoms with Crippen molar-refractivity contribution in [3.05, 3.63) is 78.3 Å². The molecule has 0 saturated carbocycles. The number of hydrogen-bond acceptors (Lipinski definition) is 4. The molecule has 1 aromatic heterocycles. The Bertz CT molecular complexity index is 888. The molecule has 0 unspecified atom stereocenters. The molecule has 7 nitrogen and oxygen atoms in total. The molecule has 0 aliphatic carbocycles.